The van der Waals surface area contributed by atoms with Gasteiger partial charge in [-0.3, -0.25) is 0 Å². The van der Waals surface area contributed by atoms with E-state index >= 15 is 0 Å². The van der Waals surface area contributed by atoms with Crippen molar-refractivity contribution >= 4 is 5.97 Å². The Labute approximate surface area is 145 Å². The number of rotatable bonds is 4. The monoisotopic (exact) mass is 334 g/mol. The van der Waals surface area contributed by atoms with Crippen LogP contribution in [0.15, 0.2) is 52.9 Å². The zero-order valence-corrected chi connectivity index (χ0v) is 13.9. The predicted octanol–water partition coefficient (Wildman–Crippen LogP) is 4.14. The van der Waals surface area contributed by atoms with E-state index in [0.717, 1.165) is 24.8 Å². The summed E-state index contributed by atoms with van der Waals surface area (Å²) in [6.45, 7) is 1.73. The Morgan fingerprint density at radius 3 is 2.72 bits per heavy atom. The van der Waals surface area contributed by atoms with E-state index in [1.807, 2.05) is 48.5 Å². The maximum absolute atomic E-state index is 12.4. The molecule has 0 spiro atoms. The number of carbonyl (C=O) groups is 1. The van der Waals surface area contributed by atoms with Crippen molar-refractivity contribution < 1.29 is 13.9 Å². The van der Waals surface area contributed by atoms with Gasteiger partial charge in [-0.2, -0.15) is 0 Å². The molecule has 2 aromatic carbocycles. The third kappa shape index (κ3) is 3.18. The van der Waals surface area contributed by atoms with Gasteiger partial charge in [0.25, 0.3) is 5.89 Å². The number of aryl methyl sites for hydroxylation is 2. The van der Waals surface area contributed by atoms with E-state index < -0.39 is 6.10 Å². The number of benzene rings is 2. The summed E-state index contributed by atoms with van der Waals surface area (Å²) < 4.78 is 11.1. The molecule has 1 aliphatic rings. The Kier molecular flexibility index (Phi) is 4.06. The lowest BCUT2D eigenvalue weighted by atomic mass is 10.1. The molecule has 126 valence electrons. The summed E-state index contributed by atoms with van der Waals surface area (Å²) in [4.78, 5) is 12.4. The molecule has 0 aliphatic heterocycles. The molecule has 0 saturated carbocycles. The lowest BCUT2D eigenvalue weighted by Gasteiger charge is -2.10. The topological polar surface area (TPSA) is 65.2 Å². The minimum atomic E-state index is -0.606. The molecule has 4 rings (SSSR count). The highest BCUT2D eigenvalue weighted by atomic mass is 16.6. The molecule has 25 heavy (non-hydrogen) atoms. The van der Waals surface area contributed by atoms with Crippen LogP contribution in [0.2, 0.25) is 0 Å². The number of nitrogens with zero attached hydrogens (tertiary/aromatic N) is 2. The molecule has 5 heteroatoms. The lowest BCUT2D eigenvalue weighted by molar-refractivity contribution is 0.0280. The average molecular weight is 334 g/mol. The van der Waals surface area contributed by atoms with E-state index in [2.05, 4.69) is 10.2 Å². The van der Waals surface area contributed by atoms with E-state index in [4.69, 9.17) is 9.15 Å². The van der Waals surface area contributed by atoms with Crippen molar-refractivity contribution in [2.24, 2.45) is 0 Å². The third-order valence-electron chi connectivity index (χ3n) is 4.43. The Hall–Kier alpha value is -2.95. The van der Waals surface area contributed by atoms with Gasteiger partial charge in [0.15, 0.2) is 6.10 Å². The molecule has 0 radical (unpaired) electrons. The first-order valence-corrected chi connectivity index (χ1v) is 8.42. The second kappa shape index (κ2) is 6.51. The smallest absolute Gasteiger partial charge is 0.338 e. The van der Waals surface area contributed by atoms with Crippen molar-refractivity contribution in [3.63, 3.8) is 0 Å². The number of esters is 1. The second-order valence-electron chi connectivity index (χ2n) is 6.20. The number of hydrogen-bond acceptors (Lipinski definition) is 5. The fourth-order valence-electron chi connectivity index (χ4n) is 3.07. The van der Waals surface area contributed by atoms with Gasteiger partial charge >= 0.3 is 5.97 Å². The lowest BCUT2D eigenvalue weighted by Crippen LogP contribution is -2.10. The fraction of sp³-hybridized carbons (Fsp3) is 0.250. The van der Waals surface area contributed by atoms with Gasteiger partial charge in [-0.25, -0.2) is 4.79 Å². The summed E-state index contributed by atoms with van der Waals surface area (Å²) in [5, 5.41) is 8.03. The summed E-state index contributed by atoms with van der Waals surface area (Å²) in [6.07, 6.45) is 2.65. The summed E-state index contributed by atoms with van der Waals surface area (Å²) in [5.74, 6) is 0.325. The zero-order chi connectivity index (χ0) is 17.2. The van der Waals surface area contributed by atoms with E-state index in [1.165, 1.54) is 11.1 Å². The molecule has 3 aromatic rings. The van der Waals surface area contributed by atoms with Crippen molar-refractivity contribution in [3.05, 3.63) is 71.1 Å². The summed E-state index contributed by atoms with van der Waals surface area (Å²) in [7, 11) is 0. The predicted molar refractivity (Wildman–Crippen MR) is 92.0 cm³/mol. The normalized spacial score (nSPS) is 14.1. The first-order valence-electron chi connectivity index (χ1n) is 8.42. The first kappa shape index (κ1) is 15.6. The van der Waals surface area contributed by atoms with E-state index in [9.17, 15) is 4.79 Å². The third-order valence-corrected chi connectivity index (χ3v) is 4.43. The highest BCUT2D eigenvalue weighted by Crippen LogP contribution is 2.25. The first-order chi connectivity index (χ1) is 12.2. The molecule has 0 amide bonds. The van der Waals surface area contributed by atoms with E-state index in [1.54, 1.807) is 6.92 Å². The average Bonchev–Trinajstić information content (AvgIpc) is 3.31. The molecule has 0 bridgehead atoms. The minimum absolute atomic E-state index is 0.286. The van der Waals surface area contributed by atoms with Crippen LogP contribution >= 0.6 is 0 Å². The maximum Gasteiger partial charge on any atom is 0.338 e. The van der Waals surface area contributed by atoms with Gasteiger partial charge in [-0.1, -0.05) is 24.3 Å². The number of fused-ring (bicyclic) bond motifs is 1. The molecule has 0 unspecified atom stereocenters. The van der Waals surface area contributed by atoms with Crippen LogP contribution in [0.25, 0.3) is 11.5 Å². The van der Waals surface area contributed by atoms with Crippen LogP contribution in [0, 0.1) is 0 Å². The van der Waals surface area contributed by atoms with Crippen LogP contribution in [-0.2, 0) is 17.6 Å². The molecule has 1 aromatic heterocycles. The molecular formula is C20H18N2O3. The van der Waals surface area contributed by atoms with Crippen molar-refractivity contribution in [1.82, 2.24) is 10.2 Å². The van der Waals surface area contributed by atoms with Crippen molar-refractivity contribution in [2.45, 2.75) is 32.3 Å². The van der Waals surface area contributed by atoms with Crippen molar-refractivity contribution in [2.75, 3.05) is 0 Å². The maximum atomic E-state index is 12.4. The molecule has 0 N–H and O–H groups in total. The summed E-state index contributed by atoms with van der Waals surface area (Å²) in [5.41, 5.74) is 3.97. The SMILES string of the molecule is C[C@H](OC(=O)c1ccc2c(c1)CCC2)c1nnc(-c2ccccc2)o1. The fourth-order valence-corrected chi connectivity index (χ4v) is 3.07. The van der Waals surface area contributed by atoms with Gasteiger partial charge < -0.3 is 9.15 Å². The van der Waals surface area contributed by atoms with Crippen LogP contribution in [0.3, 0.4) is 0 Å². The second-order valence-corrected chi connectivity index (χ2v) is 6.20. The van der Waals surface area contributed by atoms with Crippen LogP contribution in [0.4, 0.5) is 0 Å². The van der Waals surface area contributed by atoms with Gasteiger partial charge in [0.2, 0.25) is 5.89 Å². The summed E-state index contributed by atoms with van der Waals surface area (Å²) in [6, 6.07) is 15.3. The molecule has 5 nitrogen and oxygen atoms in total. The van der Waals surface area contributed by atoms with Crippen LogP contribution in [0.5, 0.6) is 0 Å². The number of carbonyl (C=O) groups excluding carboxylic acids is 1. The van der Waals surface area contributed by atoms with Gasteiger partial charge in [0.05, 0.1) is 5.56 Å². The van der Waals surface area contributed by atoms with Crippen molar-refractivity contribution in [3.8, 4) is 11.5 Å². The molecule has 1 heterocycles. The molecule has 0 saturated heterocycles. The number of aromatic nitrogens is 2. The van der Waals surface area contributed by atoms with Gasteiger partial charge in [-0.15, -0.1) is 10.2 Å². The highest BCUT2D eigenvalue weighted by molar-refractivity contribution is 5.90. The number of hydrogen-bond donors (Lipinski definition) is 0. The number of ether oxygens (including phenoxy) is 1. The Morgan fingerprint density at radius 1 is 1.08 bits per heavy atom. The molecule has 1 atom stereocenters. The van der Waals surface area contributed by atoms with Crippen LogP contribution in [0.1, 0.15) is 46.8 Å². The Balaban J connectivity index is 1.47. The van der Waals surface area contributed by atoms with Crippen molar-refractivity contribution in [1.29, 1.82) is 0 Å². The van der Waals surface area contributed by atoms with Crippen LogP contribution < -0.4 is 0 Å². The molecule has 0 fully saturated rings. The van der Waals surface area contributed by atoms with Gasteiger partial charge in [0, 0.05) is 5.56 Å². The minimum Gasteiger partial charge on any atom is -0.449 e. The molecular weight excluding hydrogens is 316 g/mol. The van der Waals surface area contributed by atoms with Gasteiger partial charge in [0.1, 0.15) is 0 Å². The van der Waals surface area contributed by atoms with Gasteiger partial charge in [-0.05, 0) is 61.6 Å². The van der Waals surface area contributed by atoms with Crippen LogP contribution in [-0.4, -0.2) is 16.2 Å². The summed E-state index contributed by atoms with van der Waals surface area (Å²) >= 11 is 0. The van der Waals surface area contributed by atoms with E-state index in [-0.39, 0.29) is 11.9 Å². The standard InChI is InChI=1S/C20H18N2O3/c1-13(18-21-22-19(25-18)15-6-3-2-4-7-15)24-20(23)17-11-10-14-8-5-9-16(14)12-17/h2-4,6-7,10-13H,5,8-9H2,1H3/t13-/m0/s1. The largest absolute Gasteiger partial charge is 0.449 e. The Morgan fingerprint density at radius 2 is 1.88 bits per heavy atom. The van der Waals surface area contributed by atoms with E-state index in [0.29, 0.717) is 11.5 Å². The quantitative estimate of drug-likeness (QED) is 0.671. The zero-order valence-electron chi connectivity index (χ0n) is 13.9. The molecule has 1 aliphatic carbocycles. The highest BCUT2D eigenvalue weighted by Gasteiger charge is 2.21. The Bertz CT molecular complexity index is 902.